The Labute approximate surface area is 225 Å². The number of hydrogen-bond acceptors (Lipinski definition) is 8. The first-order valence-electron chi connectivity index (χ1n) is 11.0. The fraction of sp³-hybridized carbons (Fsp3) is 0.240. The van der Waals surface area contributed by atoms with E-state index in [-0.39, 0.29) is 18.4 Å². The van der Waals surface area contributed by atoms with Gasteiger partial charge >= 0.3 is 6.03 Å². The highest BCUT2D eigenvalue weighted by Crippen LogP contribution is 2.43. The molecule has 4 rings (SSSR count). The predicted octanol–water partition coefficient (Wildman–Crippen LogP) is 4.97. The van der Waals surface area contributed by atoms with Gasteiger partial charge in [0.15, 0.2) is 11.5 Å². The van der Waals surface area contributed by atoms with Crippen LogP contribution in [0.5, 0.6) is 17.2 Å². The van der Waals surface area contributed by atoms with E-state index in [0.717, 1.165) is 28.1 Å². The number of amides is 2. The van der Waals surface area contributed by atoms with Gasteiger partial charge in [0.2, 0.25) is 5.75 Å². The van der Waals surface area contributed by atoms with Crippen LogP contribution in [0, 0.1) is 0 Å². The summed E-state index contributed by atoms with van der Waals surface area (Å²) in [5.41, 5.74) is 4.85. The minimum Gasteiger partial charge on any atom is -0.493 e. The number of methoxy groups -OCH3 is 3. The zero-order chi connectivity index (χ0) is 25.5. The normalized spacial score (nSPS) is 10.4. The van der Waals surface area contributed by atoms with E-state index >= 15 is 0 Å². The highest BCUT2D eigenvalue weighted by molar-refractivity contribution is 7.04. The van der Waals surface area contributed by atoms with Crippen molar-refractivity contribution in [1.82, 2.24) is 19.7 Å². The molecule has 2 heterocycles. The van der Waals surface area contributed by atoms with Crippen molar-refractivity contribution >= 4 is 35.7 Å². The molecular weight excluding hydrogens is 518 g/mol. The number of ether oxygens (including phenoxy) is 3. The molecule has 0 fully saturated rings. The molecule has 37 heavy (non-hydrogen) atoms. The van der Waals surface area contributed by atoms with E-state index in [2.05, 4.69) is 19.7 Å². The second-order valence-electron chi connectivity index (χ2n) is 7.58. The van der Waals surface area contributed by atoms with Gasteiger partial charge in [0.1, 0.15) is 0 Å². The fourth-order valence-corrected chi connectivity index (χ4v) is 4.49. The third-order valence-corrected chi connectivity index (χ3v) is 6.12. The first kappa shape index (κ1) is 27.8. The molecule has 4 aromatic rings. The zero-order valence-electron chi connectivity index (χ0n) is 20.8. The number of aromatic amines is 1. The number of aromatic nitrogens is 3. The summed E-state index contributed by atoms with van der Waals surface area (Å²) < 4.78 is 21.1. The summed E-state index contributed by atoms with van der Waals surface area (Å²) in [4.78, 5) is 25.2. The van der Waals surface area contributed by atoms with Crippen molar-refractivity contribution in [2.45, 2.75) is 6.42 Å². The number of benzene rings is 2. The van der Waals surface area contributed by atoms with Crippen LogP contribution in [0.25, 0.3) is 22.4 Å². The van der Waals surface area contributed by atoms with Gasteiger partial charge in [0.25, 0.3) is 0 Å². The summed E-state index contributed by atoms with van der Waals surface area (Å²) in [6.45, 7) is 0.431. The summed E-state index contributed by atoms with van der Waals surface area (Å²) in [5, 5.41) is 6.04. The van der Waals surface area contributed by atoms with Crippen molar-refractivity contribution in [3.63, 3.8) is 0 Å². The standard InChI is InChI=1S/C25H27N5O5S.ClH/c1-32-21-11-17(12-22(33-2)24(21)34-3)23-20(14-36-29-23)16-6-5-7-19(10-16)30(35-4)25(31)27-9-8-18-13-26-15-28-18;/h5-7,10-15H,8-9H2,1-4H3,(H,26,28)(H,27,31);1H. The van der Waals surface area contributed by atoms with Gasteiger partial charge in [-0.15, -0.1) is 12.4 Å². The molecule has 0 radical (unpaired) electrons. The van der Waals surface area contributed by atoms with E-state index in [9.17, 15) is 4.79 Å². The smallest absolute Gasteiger partial charge is 0.346 e. The van der Waals surface area contributed by atoms with Crippen molar-refractivity contribution in [2.75, 3.05) is 40.0 Å². The van der Waals surface area contributed by atoms with Gasteiger partial charge in [0, 0.05) is 41.4 Å². The molecule has 0 saturated carbocycles. The Balaban J connectivity index is 0.00000380. The lowest BCUT2D eigenvalue weighted by atomic mass is 10.0. The number of nitrogens with zero attached hydrogens (tertiary/aromatic N) is 3. The van der Waals surface area contributed by atoms with Crippen LogP contribution in [0.3, 0.4) is 0 Å². The molecule has 2 aromatic heterocycles. The monoisotopic (exact) mass is 545 g/mol. The molecule has 2 N–H and O–H groups in total. The number of rotatable bonds is 10. The van der Waals surface area contributed by atoms with Crippen LogP contribution < -0.4 is 24.6 Å². The summed E-state index contributed by atoms with van der Waals surface area (Å²) in [5.74, 6) is 1.59. The maximum Gasteiger partial charge on any atom is 0.346 e. The highest BCUT2D eigenvalue weighted by Gasteiger charge is 2.20. The number of hydrogen-bond donors (Lipinski definition) is 2. The van der Waals surface area contributed by atoms with Crippen LogP contribution in [0.15, 0.2) is 54.3 Å². The molecule has 0 bridgehead atoms. The van der Waals surface area contributed by atoms with E-state index in [4.69, 9.17) is 19.0 Å². The highest BCUT2D eigenvalue weighted by atomic mass is 35.5. The van der Waals surface area contributed by atoms with Gasteiger partial charge in [-0.2, -0.15) is 9.44 Å². The van der Waals surface area contributed by atoms with Crippen LogP contribution in [0.4, 0.5) is 10.5 Å². The van der Waals surface area contributed by atoms with Crippen molar-refractivity contribution in [2.24, 2.45) is 0 Å². The Kier molecular flexibility index (Phi) is 9.72. The van der Waals surface area contributed by atoms with Crippen molar-refractivity contribution in [1.29, 1.82) is 0 Å². The lowest BCUT2D eigenvalue weighted by molar-refractivity contribution is 0.163. The molecule has 2 amide bonds. The van der Waals surface area contributed by atoms with E-state index in [1.807, 2.05) is 35.7 Å². The number of anilines is 1. The van der Waals surface area contributed by atoms with Crippen LogP contribution in [-0.2, 0) is 11.3 Å². The third-order valence-electron chi connectivity index (χ3n) is 5.49. The van der Waals surface area contributed by atoms with Crippen LogP contribution in [0.2, 0.25) is 0 Å². The molecule has 2 aromatic carbocycles. The molecule has 0 saturated heterocycles. The van der Waals surface area contributed by atoms with Crippen molar-refractivity contribution in [3.05, 3.63) is 60.0 Å². The number of nitrogens with one attached hydrogen (secondary N) is 2. The molecule has 196 valence electrons. The average Bonchev–Trinajstić information content (AvgIpc) is 3.61. The molecule has 10 nitrogen and oxygen atoms in total. The predicted molar refractivity (Wildman–Crippen MR) is 145 cm³/mol. The lowest BCUT2D eigenvalue weighted by Gasteiger charge is -2.21. The van der Waals surface area contributed by atoms with Crippen LogP contribution in [-0.4, -0.2) is 55.4 Å². The summed E-state index contributed by atoms with van der Waals surface area (Å²) in [6, 6.07) is 10.9. The quantitative estimate of drug-likeness (QED) is 0.271. The molecule has 12 heteroatoms. The number of H-pyrrole nitrogens is 1. The molecule has 0 spiro atoms. The van der Waals surface area contributed by atoms with Crippen molar-refractivity contribution < 1.29 is 23.8 Å². The van der Waals surface area contributed by atoms with Crippen LogP contribution in [0.1, 0.15) is 5.69 Å². The van der Waals surface area contributed by atoms with Gasteiger partial charge in [-0.3, -0.25) is 4.84 Å². The fourth-order valence-electron chi connectivity index (χ4n) is 3.77. The molecule has 0 aliphatic heterocycles. The van der Waals surface area contributed by atoms with E-state index in [1.165, 1.54) is 23.7 Å². The Bertz CT molecular complexity index is 1290. The number of carbonyl (C=O) groups excluding carboxylic acids is 1. The topological polar surface area (TPSA) is 111 Å². The molecule has 0 unspecified atom stereocenters. The number of hydroxylamine groups is 1. The molecule has 0 aliphatic carbocycles. The molecular formula is C25H28ClN5O5S. The van der Waals surface area contributed by atoms with Crippen molar-refractivity contribution in [3.8, 4) is 39.6 Å². The van der Waals surface area contributed by atoms with Gasteiger partial charge in [-0.1, -0.05) is 12.1 Å². The Morgan fingerprint density at radius 3 is 2.43 bits per heavy atom. The van der Waals surface area contributed by atoms with Gasteiger partial charge < -0.3 is 24.5 Å². The van der Waals surface area contributed by atoms with E-state index in [1.54, 1.807) is 39.9 Å². The Morgan fingerprint density at radius 2 is 1.81 bits per heavy atom. The Morgan fingerprint density at radius 1 is 1.05 bits per heavy atom. The number of imidazole rings is 1. The van der Waals surface area contributed by atoms with Crippen LogP contribution >= 0.6 is 23.9 Å². The lowest BCUT2D eigenvalue weighted by Crippen LogP contribution is -2.40. The second kappa shape index (κ2) is 12.9. The van der Waals surface area contributed by atoms with Gasteiger partial charge in [-0.25, -0.2) is 9.78 Å². The van der Waals surface area contributed by atoms with E-state index in [0.29, 0.717) is 35.9 Å². The first-order valence-corrected chi connectivity index (χ1v) is 11.9. The van der Waals surface area contributed by atoms with E-state index < -0.39 is 0 Å². The summed E-state index contributed by atoms with van der Waals surface area (Å²) in [6.07, 6.45) is 3.96. The number of carbonyl (C=O) groups is 1. The third kappa shape index (κ3) is 6.13. The zero-order valence-corrected chi connectivity index (χ0v) is 22.4. The number of urea groups is 1. The molecule has 0 aliphatic rings. The summed E-state index contributed by atoms with van der Waals surface area (Å²) >= 11 is 1.33. The largest absolute Gasteiger partial charge is 0.493 e. The van der Waals surface area contributed by atoms with Gasteiger partial charge in [0.05, 0.1) is 46.1 Å². The summed E-state index contributed by atoms with van der Waals surface area (Å²) in [7, 11) is 6.17. The second-order valence-corrected chi connectivity index (χ2v) is 8.21. The van der Waals surface area contributed by atoms with Gasteiger partial charge in [-0.05, 0) is 41.4 Å². The minimum absolute atomic E-state index is 0. The maximum atomic E-state index is 12.8. The first-order chi connectivity index (χ1) is 17.6. The minimum atomic E-state index is -0.373. The average molecular weight is 546 g/mol. The SMILES string of the molecule is COc1cc(-c2nscc2-c2cccc(N(OC)C(=O)NCCc3cnc[nH]3)c2)cc(OC)c1OC.Cl. The molecule has 0 atom stereocenters. The Hall–Kier alpha value is -3.80. The maximum absolute atomic E-state index is 12.8. The number of halogens is 1.